The second-order valence-corrected chi connectivity index (χ2v) is 12.2. The molecule has 0 spiro atoms. The van der Waals surface area contributed by atoms with Crippen LogP contribution in [0.4, 0.5) is 0 Å². The molecule has 31 heavy (non-hydrogen) atoms. The number of rotatable bonds is 7. The van der Waals surface area contributed by atoms with E-state index in [1.165, 1.54) is 50.5 Å². The van der Waals surface area contributed by atoms with Crippen LogP contribution in [-0.2, 0) is 9.53 Å². The number of fused-ring (bicyclic) bond motifs is 5. The Morgan fingerprint density at radius 2 is 1.87 bits per heavy atom. The Morgan fingerprint density at radius 1 is 1.10 bits per heavy atom. The molecule has 4 rings (SSSR count). The SMILES string of the molecule is CCOC1C[C@@]2(C)C(=CC1=O)C=C[C@H]1[C@@H]3CC[C@H]([C@H](C)CCCC(C)C)[C@@]3(C)CC[C@@H]12. The molecule has 2 saturated carbocycles. The molecule has 0 N–H and O–H groups in total. The molecular formula is C29H46O2. The predicted octanol–water partition coefficient (Wildman–Crippen LogP) is 7.39. The molecule has 4 aliphatic carbocycles. The highest BCUT2D eigenvalue weighted by atomic mass is 16.5. The molecule has 8 atom stereocenters. The first-order valence-electron chi connectivity index (χ1n) is 13.3. The second kappa shape index (κ2) is 8.81. The van der Waals surface area contributed by atoms with Gasteiger partial charge in [-0.1, -0.05) is 66.0 Å². The van der Waals surface area contributed by atoms with E-state index in [0.717, 1.165) is 30.1 Å². The Bertz CT molecular complexity index is 733. The third-order valence-corrected chi connectivity index (χ3v) is 10.1. The summed E-state index contributed by atoms with van der Waals surface area (Å²) >= 11 is 0. The quantitative estimate of drug-likeness (QED) is 0.424. The minimum atomic E-state index is -0.239. The normalized spacial score (nSPS) is 42.7. The first-order valence-corrected chi connectivity index (χ1v) is 13.3. The van der Waals surface area contributed by atoms with E-state index in [0.29, 0.717) is 23.9 Å². The van der Waals surface area contributed by atoms with Gasteiger partial charge in [0.05, 0.1) is 0 Å². The van der Waals surface area contributed by atoms with E-state index < -0.39 is 0 Å². The summed E-state index contributed by atoms with van der Waals surface area (Å²) in [5.74, 6) is 4.87. The van der Waals surface area contributed by atoms with Crippen LogP contribution in [0.1, 0.15) is 92.9 Å². The second-order valence-electron chi connectivity index (χ2n) is 12.2. The van der Waals surface area contributed by atoms with E-state index in [-0.39, 0.29) is 17.3 Å². The molecule has 0 bridgehead atoms. The van der Waals surface area contributed by atoms with Crippen LogP contribution in [0.2, 0.25) is 0 Å². The molecular weight excluding hydrogens is 380 g/mol. The monoisotopic (exact) mass is 426 g/mol. The van der Waals surface area contributed by atoms with E-state index in [1.807, 2.05) is 13.0 Å². The fourth-order valence-electron chi connectivity index (χ4n) is 8.41. The van der Waals surface area contributed by atoms with Crippen LogP contribution < -0.4 is 0 Å². The summed E-state index contributed by atoms with van der Waals surface area (Å²) in [4.78, 5) is 12.6. The maximum absolute atomic E-state index is 12.6. The molecule has 0 aliphatic heterocycles. The van der Waals surface area contributed by atoms with Crippen molar-refractivity contribution in [3.63, 3.8) is 0 Å². The zero-order valence-electron chi connectivity index (χ0n) is 21.0. The van der Waals surface area contributed by atoms with E-state index in [2.05, 4.69) is 46.8 Å². The molecule has 2 nitrogen and oxygen atoms in total. The maximum atomic E-state index is 12.6. The van der Waals surface area contributed by atoms with Gasteiger partial charge in [0.15, 0.2) is 5.78 Å². The van der Waals surface area contributed by atoms with Gasteiger partial charge in [0.2, 0.25) is 0 Å². The van der Waals surface area contributed by atoms with Crippen molar-refractivity contribution in [1.82, 2.24) is 0 Å². The van der Waals surface area contributed by atoms with Crippen molar-refractivity contribution in [2.24, 2.45) is 46.3 Å². The summed E-state index contributed by atoms with van der Waals surface area (Å²) < 4.78 is 5.88. The summed E-state index contributed by atoms with van der Waals surface area (Å²) in [6.45, 7) is 15.0. The number of hydrogen-bond donors (Lipinski definition) is 0. The molecule has 174 valence electrons. The Hall–Kier alpha value is -0.890. The number of carbonyl (C=O) groups excluding carboxylic acids is 1. The van der Waals surface area contributed by atoms with Gasteiger partial charge in [0, 0.05) is 6.61 Å². The highest BCUT2D eigenvalue weighted by Crippen LogP contribution is 2.66. The molecule has 2 fully saturated rings. The lowest BCUT2D eigenvalue weighted by molar-refractivity contribution is -0.130. The zero-order chi connectivity index (χ0) is 22.4. The third kappa shape index (κ3) is 4.00. The first-order chi connectivity index (χ1) is 14.7. The number of carbonyl (C=O) groups is 1. The van der Waals surface area contributed by atoms with Gasteiger partial charge < -0.3 is 4.74 Å². The Kier molecular flexibility index (Phi) is 6.61. The van der Waals surface area contributed by atoms with Crippen LogP contribution in [0.5, 0.6) is 0 Å². The number of allylic oxidation sites excluding steroid dienone is 3. The molecule has 0 aromatic carbocycles. The van der Waals surface area contributed by atoms with Crippen molar-refractivity contribution in [1.29, 1.82) is 0 Å². The van der Waals surface area contributed by atoms with Crippen molar-refractivity contribution < 1.29 is 9.53 Å². The fraction of sp³-hybridized carbons (Fsp3) is 0.828. The highest BCUT2D eigenvalue weighted by Gasteiger charge is 2.59. The lowest BCUT2D eigenvalue weighted by atomic mass is 9.48. The minimum absolute atomic E-state index is 0.0927. The predicted molar refractivity (Wildman–Crippen MR) is 129 cm³/mol. The standard InChI is InChI=1S/C29H46O2/c1-7-31-27-18-29(6)21(17-26(27)30)11-12-22-24-14-13-23(20(4)10-8-9-19(2)3)28(24,5)16-15-25(22)29/h11-12,17,19-20,22-25,27H,7-10,13-16,18H2,1-6H3/t20-,22+,23-,24+,25+,27?,28-,29+/m1/s1. The Labute approximate surface area is 191 Å². The fourth-order valence-corrected chi connectivity index (χ4v) is 8.41. The molecule has 1 unspecified atom stereocenters. The van der Waals surface area contributed by atoms with Gasteiger partial charge in [-0.05, 0) is 97.0 Å². The molecule has 0 heterocycles. The molecule has 0 aromatic heterocycles. The van der Waals surface area contributed by atoms with Crippen molar-refractivity contribution >= 4 is 5.78 Å². The summed E-state index contributed by atoms with van der Waals surface area (Å²) in [6, 6.07) is 0. The average molecular weight is 427 g/mol. The van der Waals surface area contributed by atoms with Crippen LogP contribution in [0.15, 0.2) is 23.8 Å². The van der Waals surface area contributed by atoms with E-state index in [9.17, 15) is 4.79 Å². The van der Waals surface area contributed by atoms with E-state index >= 15 is 0 Å². The van der Waals surface area contributed by atoms with E-state index in [4.69, 9.17) is 4.74 Å². The number of ketones is 1. The summed E-state index contributed by atoms with van der Waals surface area (Å²) in [6.07, 6.45) is 17.0. The number of ether oxygens (including phenoxy) is 1. The average Bonchev–Trinajstić information content (AvgIpc) is 3.06. The van der Waals surface area contributed by atoms with Crippen molar-refractivity contribution in [2.45, 2.75) is 99.0 Å². The minimum Gasteiger partial charge on any atom is -0.370 e. The highest BCUT2D eigenvalue weighted by molar-refractivity contribution is 5.96. The van der Waals surface area contributed by atoms with Crippen molar-refractivity contribution in [3.05, 3.63) is 23.8 Å². The van der Waals surface area contributed by atoms with Gasteiger partial charge in [-0.15, -0.1) is 0 Å². The van der Waals surface area contributed by atoms with Crippen molar-refractivity contribution in [2.75, 3.05) is 6.61 Å². The maximum Gasteiger partial charge on any atom is 0.184 e. The molecule has 4 aliphatic rings. The molecule has 2 heteroatoms. The van der Waals surface area contributed by atoms with Gasteiger partial charge in [-0.3, -0.25) is 4.79 Å². The first kappa shape index (κ1) is 23.3. The lowest BCUT2D eigenvalue weighted by Gasteiger charge is -2.57. The topological polar surface area (TPSA) is 26.3 Å². The van der Waals surface area contributed by atoms with Gasteiger partial charge >= 0.3 is 0 Å². The van der Waals surface area contributed by atoms with Crippen LogP contribution in [-0.4, -0.2) is 18.5 Å². The summed E-state index contributed by atoms with van der Waals surface area (Å²) in [5, 5.41) is 0. The van der Waals surface area contributed by atoms with Gasteiger partial charge in [-0.25, -0.2) is 0 Å². The molecule has 0 radical (unpaired) electrons. The van der Waals surface area contributed by atoms with Crippen LogP contribution >= 0.6 is 0 Å². The smallest absolute Gasteiger partial charge is 0.184 e. The zero-order valence-corrected chi connectivity index (χ0v) is 21.0. The van der Waals surface area contributed by atoms with Crippen LogP contribution in [0.3, 0.4) is 0 Å². The lowest BCUT2D eigenvalue weighted by Crippen LogP contribution is -2.51. The van der Waals surface area contributed by atoms with Crippen LogP contribution in [0.25, 0.3) is 0 Å². The Balaban J connectivity index is 1.53. The summed E-state index contributed by atoms with van der Waals surface area (Å²) in [7, 11) is 0. The molecule has 0 saturated heterocycles. The van der Waals surface area contributed by atoms with Gasteiger partial charge in [0.1, 0.15) is 6.10 Å². The van der Waals surface area contributed by atoms with Gasteiger partial charge in [-0.2, -0.15) is 0 Å². The van der Waals surface area contributed by atoms with Crippen molar-refractivity contribution in [3.8, 4) is 0 Å². The van der Waals surface area contributed by atoms with Crippen LogP contribution in [0, 0.1) is 46.3 Å². The largest absolute Gasteiger partial charge is 0.370 e. The Morgan fingerprint density at radius 3 is 2.58 bits per heavy atom. The number of hydrogen-bond acceptors (Lipinski definition) is 2. The third-order valence-electron chi connectivity index (χ3n) is 10.1. The molecule has 0 amide bonds. The molecule has 0 aromatic rings. The van der Waals surface area contributed by atoms with Gasteiger partial charge in [0.25, 0.3) is 0 Å². The summed E-state index contributed by atoms with van der Waals surface area (Å²) in [5.41, 5.74) is 1.86. The van der Waals surface area contributed by atoms with E-state index in [1.54, 1.807) is 0 Å².